The number of hydrogen-bond donors (Lipinski definition) is 1. The standard InChI is InChI=1S/C31H41N3O3S/c1-22-27(31(35)32-18-23-9-5-3-6-10-23)17-29(34(22)19-24-11-7-4-8-12-24)28-21-38-30(33-28)20-37-26-15-13-25(36-2)14-16-26/h13-17,21,23-24H,3-12,18-20H2,1-2H3,(H,32,35). The second-order valence-corrected chi connectivity index (χ2v) is 11.9. The number of hydrogen-bond acceptors (Lipinski definition) is 5. The van der Waals surface area contributed by atoms with E-state index in [4.69, 9.17) is 14.5 Å². The molecule has 0 radical (unpaired) electrons. The lowest BCUT2D eigenvalue weighted by atomic mass is 9.89. The van der Waals surface area contributed by atoms with Crippen molar-refractivity contribution in [2.24, 2.45) is 11.8 Å². The van der Waals surface area contributed by atoms with Crippen molar-refractivity contribution in [1.29, 1.82) is 0 Å². The van der Waals surface area contributed by atoms with E-state index in [9.17, 15) is 4.79 Å². The van der Waals surface area contributed by atoms with Gasteiger partial charge in [0.1, 0.15) is 23.1 Å². The third kappa shape index (κ3) is 6.60. The molecule has 2 aromatic heterocycles. The van der Waals surface area contributed by atoms with Gasteiger partial charge in [0.05, 0.1) is 24.1 Å². The molecule has 2 aliphatic rings. The number of benzene rings is 1. The second-order valence-electron chi connectivity index (χ2n) is 10.9. The summed E-state index contributed by atoms with van der Waals surface area (Å²) in [6, 6.07) is 9.67. The fourth-order valence-corrected chi connectivity index (χ4v) is 6.68. The number of thiazole rings is 1. The Morgan fingerprint density at radius 3 is 2.34 bits per heavy atom. The first-order valence-corrected chi connectivity index (χ1v) is 15.2. The maximum atomic E-state index is 13.3. The summed E-state index contributed by atoms with van der Waals surface area (Å²) in [4.78, 5) is 18.3. The van der Waals surface area contributed by atoms with Crippen LogP contribution in [0.4, 0.5) is 0 Å². The van der Waals surface area contributed by atoms with Crippen LogP contribution in [0, 0.1) is 18.8 Å². The molecule has 3 aromatic rings. The molecule has 2 fully saturated rings. The minimum absolute atomic E-state index is 0.0509. The van der Waals surface area contributed by atoms with Crippen LogP contribution < -0.4 is 14.8 Å². The zero-order valence-corrected chi connectivity index (χ0v) is 23.7. The van der Waals surface area contributed by atoms with Crippen molar-refractivity contribution in [2.75, 3.05) is 13.7 Å². The van der Waals surface area contributed by atoms with E-state index in [-0.39, 0.29) is 5.91 Å². The van der Waals surface area contributed by atoms with Crippen molar-refractivity contribution in [2.45, 2.75) is 84.3 Å². The zero-order valence-electron chi connectivity index (χ0n) is 22.8. The molecule has 0 unspecified atom stereocenters. The molecule has 0 atom stereocenters. The Labute approximate surface area is 230 Å². The Hall–Kier alpha value is -2.80. The summed E-state index contributed by atoms with van der Waals surface area (Å²) in [5.41, 5.74) is 3.81. The molecule has 38 heavy (non-hydrogen) atoms. The average Bonchev–Trinajstić information content (AvgIpc) is 3.56. The third-order valence-corrected chi connectivity index (χ3v) is 9.11. The van der Waals surface area contributed by atoms with E-state index in [1.54, 1.807) is 18.4 Å². The van der Waals surface area contributed by atoms with Gasteiger partial charge in [-0.3, -0.25) is 4.79 Å². The van der Waals surface area contributed by atoms with E-state index in [0.29, 0.717) is 18.4 Å². The Morgan fingerprint density at radius 1 is 1.00 bits per heavy atom. The van der Waals surface area contributed by atoms with Gasteiger partial charge in [-0.1, -0.05) is 38.5 Å². The maximum Gasteiger partial charge on any atom is 0.253 e. The summed E-state index contributed by atoms with van der Waals surface area (Å²) >= 11 is 1.60. The third-order valence-electron chi connectivity index (χ3n) is 8.29. The summed E-state index contributed by atoms with van der Waals surface area (Å²) in [6.45, 7) is 4.24. The predicted octanol–water partition coefficient (Wildman–Crippen LogP) is 7.40. The second kappa shape index (κ2) is 12.8. The van der Waals surface area contributed by atoms with E-state index in [0.717, 1.165) is 52.2 Å². The average molecular weight is 536 g/mol. The van der Waals surface area contributed by atoms with Crippen LogP contribution in [0.25, 0.3) is 11.4 Å². The highest BCUT2D eigenvalue weighted by Gasteiger charge is 2.24. The fraction of sp³-hybridized carbons (Fsp3) is 0.548. The number of carbonyl (C=O) groups excluding carboxylic acids is 1. The number of rotatable bonds is 10. The van der Waals surface area contributed by atoms with Gasteiger partial charge >= 0.3 is 0 Å². The fourth-order valence-electron chi connectivity index (χ4n) is 5.99. The highest BCUT2D eigenvalue weighted by Crippen LogP contribution is 2.32. The molecule has 1 N–H and O–H groups in total. The first kappa shape index (κ1) is 26.8. The van der Waals surface area contributed by atoms with E-state index in [2.05, 4.69) is 28.3 Å². The lowest BCUT2D eigenvalue weighted by Gasteiger charge is -2.24. The van der Waals surface area contributed by atoms with Crippen molar-refractivity contribution in [3.8, 4) is 22.9 Å². The van der Waals surface area contributed by atoms with Crippen LogP contribution in [0.2, 0.25) is 0 Å². The minimum atomic E-state index is 0.0509. The van der Waals surface area contributed by atoms with Crippen molar-refractivity contribution < 1.29 is 14.3 Å². The normalized spacial score (nSPS) is 16.9. The van der Waals surface area contributed by atoms with Crippen molar-refractivity contribution in [3.05, 3.63) is 52.0 Å². The monoisotopic (exact) mass is 535 g/mol. The zero-order chi connectivity index (χ0) is 26.3. The Morgan fingerprint density at radius 2 is 1.66 bits per heavy atom. The van der Waals surface area contributed by atoms with Crippen molar-refractivity contribution in [1.82, 2.24) is 14.9 Å². The number of ether oxygens (including phenoxy) is 2. The number of methoxy groups -OCH3 is 1. The van der Waals surface area contributed by atoms with Gasteiger partial charge in [-0.05, 0) is 74.8 Å². The van der Waals surface area contributed by atoms with Gasteiger partial charge in [0.2, 0.25) is 0 Å². The quantitative estimate of drug-likeness (QED) is 0.294. The van der Waals surface area contributed by atoms with Gasteiger partial charge in [-0.2, -0.15) is 0 Å². The summed E-state index contributed by atoms with van der Waals surface area (Å²) in [6.07, 6.45) is 12.8. The summed E-state index contributed by atoms with van der Waals surface area (Å²) < 4.78 is 13.6. The summed E-state index contributed by atoms with van der Waals surface area (Å²) in [7, 11) is 1.66. The topological polar surface area (TPSA) is 65.4 Å². The number of aromatic nitrogens is 2. The summed E-state index contributed by atoms with van der Waals surface area (Å²) in [5, 5.41) is 6.28. The van der Waals surface area contributed by atoms with Crippen LogP contribution in [0.3, 0.4) is 0 Å². The molecule has 5 rings (SSSR count). The number of carbonyl (C=O) groups is 1. The highest BCUT2D eigenvalue weighted by atomic mass is 32.1. The molecular weight excluding hydrogens is 494 g/mol. The van der Waals surface area contributed by atoms with Gasteiger partial charge in [0, 0.05) is 24.2 Å². The maximum absolute atomic E-state index is 13.3. The molecule has 1 aromatic carbocycles. The molecule has 0 saturated heterocycles. The van der Waals surface area contributed by atoms with Crippen LogP contribution in [0.1, 0.15) is 85.3 Å². The Bertz CT molecular complexity index is 1190. The number of nitrogens with one attached hydrogen (secondary N) is 1. The van der Waals surface area contributed by atoms with Crippen LogP contribution >= 0.6 is 11.3 Å². The van der Waals surface area contributed by atoms with E-state index in [1.165, 1.54) is 64.2 Å². The Kier molecular flexibility index (Phi) is 9.05. The molecule has 0 aliphatic heterocycles. The molecule has 2 heterocycles. The lowest BCUT2D eigenvalue weighted by Crippen LogP contribution is -2.30. The van der Waals surface area contributed by atoms with Gasteiger partial charge in [0.25, 0.3) is 5.91 Å². The van der Waals surface area contributed by atoms with Crippen molar-refractivity contribution in [3.63, 3.8) is 0 Å². The van der Waals surface area contributed by atoms with Crippen LogP contribution in [-0.2, 0) is 13.2 Å². The van der Waals surface area contributed by atoms with E-state index >= 15 is 0 Å². The van der Waals surface area contributed by atoms with Gasteiger partial charge in [0.15, 0.2) is 0 Å². The first-order chi connectivity index (χ1) is 18.6. The van der Waals surface area contributed by atoms with Crippen LogP contribution in [-0.4, -0.2) is 29.1 Å². The van der Waals surface area contributed by atoms with E-state index in [1.807, 2.05) is 24.3 Å². The van der Waals surface area contributed by atoms with Crippen molar-refractivity contribution >= 4 is 17.2 Å². The van der Waals surface area contributed by atoms with Gasteiger partial charge in [-0.15, -0.1) is 11.3 Å². The van der Waals surface area contributed by atoms with Crippen LogP contribution in [0.15, 0.2) is 35.7 Å². The lowest BCUT2D eigenvalue weighted by molar-refractivity contribution is 0.0942. The smallest absolute Gasteiger partial charge is 0.253 e. The molecule has 0 bridgehead atoms. The van der Waals surface area contributed by atoms with Crippen LogP contribution in [0.5, 0.6) is 11.5 Å². The Balaban J connectivity index is 1.33. The summed E-state index contributed by atoms with van der Waals surface area (Å²) in [5.74, 6) is 2.92. The minimum Gasteiger partial charge on any atom is -0.497 e. The molecule has 2 aliphatic carbocycles. The predicted molar refractivity (Wildman–Crippen MR) is 153 cm³/mol. The number of nitrogens with zero attached hydrogens (tertiary/aromatic N) is 2. The van der Waals surface area contributed by atoms with E-state index < -0.39 is 0 Å². The van der Waals surface area contributed by atoms with Gasteiger partial charge in [-0.25, -0.2) is 4.98 Å². The number of amides is 1. The molecule has 2 saturated carbocycles. The largest absolute Gasteiger partial charge is 0.497 e. The highest BCUT2D eigenvalue weighted by molar-refractivity contribution is 7.09. The van der Waals surface area contributed by atoms with Gasteiger partial charge < -0.3 is 19.4 Å². The molecule has 6 nitrogen and oxygen atoms in total. The molecule has 204 valence electrons. The molecule has 0 spiro atoms. The first-order valence-electron chi connectivity index (χ1n) is 14.3. The molecule has 1 amide bonds. The SMILES string of the molecule is COc1ccc(OCc2nc(-c3cc(C(=O)NCC4CCCCC4)c(C)n3CC3CCCCC3)cs2)cc1. The molecular formula is C31H41N3O3S. The molecule has 7 heteroatoms.